The van der Waals surface area contributed by atoms with Crippen LogP contribution in [-0.4, -0.2) is 22.9 Å². The average molecular weight is 277 g/mol. The van der Waals surface area contributed by atoms with Gasteiger partial charge in [0.25, 0.3) is 0 Å². The van der Waals surface area contributed by atoms with E-state index in [0.29, 0.717) is 18.2 Å². The largest absolute Gasteiger partial charge is 0.494 e. The Morgan fingerprint density at radius 1 is 1.40 bits per heavy atom. The van der Waals surface area contributed by atoms with Crippen LogP contribution in [0.5, 0.6) is 5.75 Å². The molecule has 0 aliphatic heterocycles. The molecular weight excluding hydrogens is 257 g/mol. The third-order valence-electron chi connectivity index (χ3n) is 3.00. The van der Waals surface area contributed by atoms with Crippen LogP contribution in [-0.2, 0) is 13.1 Å². The van der Waals surface area contributed by atoms with Crippen molar-refractivity contribution in [2.24, 2.45) is 0 Å². The van der Waals surface area contributed by atoms with Crippen LogP contribution in [0.1, 0.15) is 25.0 Å². The van der Waals surface area contributed by atoms with Gasteiger partial charge < -0.3 is 10.1 Å². The van der Waals surface area contributed by atoms with Crippen LogP contribution in [0.3, 0.4) is 0 Å². The first-order valence-electron chi connectivity index (χ1n) is 6.66. The van der Waals surface area contributed by atoms with Gasteiger partial charge >= 0.3 is 0 Å². The summed E-state index contributed by atoms with van der Waals surface area (Å²) in [6.45, 7) is 5.34. The molecule has 20 heavy (non-hydrogen) atoms. The lowest BCUT2D eigenvalue weighted by atomic mass is 10.2. The smallest absolute Gasteiger partial charge is 0.170 e. The Morgan fingerprint density at radius 2 is 2.20 bits per heavy atom. The Morgan fingerprint density at radius 3 is 2.90 bits per heavy atom. The number of rotatable bonds is 6. The summed E-state index contributed by atoms with van der Waals surface area (Å²) >= 11 is 0. The van der Waals surface area contributed by atoms with E-state index in [1.54, 1.807) is 29.1 Å². The molecule has 1 aromatic carbocycles. The molecule has 1 aromatic heterocycles. The number of halogens is 1. The lowest BCUT2D eigenvalue weighted by molar-refractivity contribution is 0.383. The van der Waals surface area contributed by atoms with Crippen LogP contribution in [0.2, 0.25) is 0 Å². The van der Waals surface area contributed by atoms with Crippen molar-refractivity contribution in [1.82, 2.24) is 15.1 Å². The minimum absolute atomic E-state index is 0.261. The first kappa shape index (κ1) is 14.5. The van der Waals surface area contributed by atoms with Gasteiger partial charge in [0, 0.05) is 29.9 Å². The molecule has 1 N–H and O–H groups in total. The fourth-order valence-corrected chi connectivity index (χ4v) is 1.92. The molecule has 0 saturated heterocycles. The molecule has 4 nitrogen and oxygen atoms in total. The number of nitrogens with zero attached hydrogens (tertiary/aromatic N) is 2. The summed E-state index contributed by atoms with van der Waals surface area (Å²) in [5.74, 6) is -0.0660. The van der Waals surface area contributed by atoms with Gasteiger partial charge in [-0.1, -0.05) is 26.0 Å². The van der Waals surface area contributed by atoms with Gasteiger partial charge in [-0.25, -0.2) is 4.39 Å². The summed E-state index contributed by atoms with van der Waals surface area (Å²) in [5.41, 5.74) is 1.65. The highest BCUT2D eigenvalue weighted by Crippen LogP contribution is 2.20. The molecule has 0 saturated carbocycles. The molecule has 0 atom stereocenters. The van der Waals surface area contributed by atoms with Crippen LogP contribution >= 0.6 is 0 Å². The second-order valence-corrected chi connectivity index (χ2v) is 5.02. The third-order valence-corrected chi connectivity index (χ3v) is 3.00. The molecule has 0 aliphatic rings. The Balaban J connectivity index is 2.07. The highest BCUT2D eigenvalue weighted by molar-refractivity contribution is 5.31. The number of nitrogens with one attached hydrogen (secondary N) is 1. The second kappa shape index (κ2) is 6.52. The van der Waals surface area contributed by atoms with Crippen molar-refractivity contribution in [2.45, 2.75) is 33.0 Å². The van der Waals surface area contributed by atoms with E-state index >= 15 is 0 Å². The summed E-state index contributed by atoms with van der Waals surface area (Å²) < 4.78 is 20.8. The Labute approximate surface area is 118 Å². The maximum Gasteiger partial charge on any atom is 0.170 e. The van der Waals surface area contributed by atoms with Crippen molar-refractivity contribution in [2.75, 3.05) is 7.11 Å². The minimum Gasteiger partial charge on any atom is -0.494 e. The molecular formula is C15H20FN3O. The van der Waals surface area contributed by atoms with Crippen molar-refractivity contribution >= 4 is 0 Å². The van der Waals surface area contributed by atoms with E-state index < -0.39 is 0 Å². The molecule has 0 amide bonds. The molecule has 1 heterocycles. The topological polar surface area (TPSA) is 39.1 Å². The van der Waals surface area contributed by atoms with Crippen molar-refractivity contribution in [3.63, 3.8) is 0 Å². The number of benzene rings is 1. The van der Waals surface area contributed by atoms with E-state index in [4.69, 9.17) is 4.74 Å². The molecule has 0 aliphatic carbocycles. The fraction of sp³-hybridized carbons (Fsp3) is 0.400. The molecule has 0 radical (unpaired) electrons. The first-order valence-corrected chi connectivity index (χ1v) is 6.66. The number of hydrogen-bond donors (Lipinski definition) is 1. The zero-order valence-corrected chi connectivity index (χ0v) is 12.1. The van der Waals surface area contributed by atoms with E-state index in [-0.39, 0.29) is 11.6 Å². The van der Waals surface area contributed by atoms with Crippen molar-refractivity contribution in [3.8, 4) is 5.75 Å². The maximum absolute atomic E-state index is 14.0. The third kappa shape index (κ3) is 3.57. The van der Waals surface area contributed by atoms with Gasteiger partial charge in [-0.3, -0.25) is 4.68 Å². The highest BCUT2D eigenvalue weighted by atomic mass is 19.1. The van der Waals surface area contributed by atoms with Crippen molar-refractivity contribution < 1.29 is 9.13 Å². The van der Waals surface area contributed by atoms with Gasteiger partial charge in [-0.2, -0.15) is 5.10 Å². The Kier molecular flexibility index (Phi) is 4.74. The van der Waals surface area contributed by atoms with E-state index in [2.05, 4.69) is 24.3 Å². The number of ether oxygens (including phenoxy) is 1. The highest BCUT2D eigenvalue weighted by Gasteiger charge is 2.09. The van der Waals surface area contributed by atoms with E-state index in [0.717, 1.165) is 12.1 Å². The predicted octanol–water partition coefficient (Wildman–Crippen LogP) is 2.58. The van der Waals surface area contributed by atoms with Gasteiger partial charge in [-0.05, 0) is 6.07 Å². The predicted molar refractivity (Wildman–Crippen MR) is 76.3 cm³/mol. The lowest BCUT2D eigenvalue weighted by Crippen LogP contribution is -2.21. The van der Waals surface area contributed by atoms with Gasteiger partial charge in [0.05, 0.1) is 19.9 Å². The van der Waals surface area contributed by atoms with Gasteiger partial charge in [0.1, 0.15) is 0 Å². The van der Waals surface area contributed by atoms with E-state index in [1.165, 1.54) is 7.11 Å². The number of methoxy groups -OCH3 is 1. The molecule has 2 aromatic rings. The fourth-order valence-electron chi connectivity index (χ4n) is 1.92. The average Bonchev–Trinajstić information content (AvgIpc) is 2.86. The van der Waals surface area contributed by atoms with Crippen LogP contribution < -0.4 is 10.1 Å². The molecule has 108 valence electrons. The van der Waals surface area contributed by atoms with Gasteiger partial charge in [0.2, 0.25) is 0 Å². The standard InChI is InChI=1S/C15H20FN3O/c1-11(2)17-7-12-8-18-19(9-12)10-13-5-4-6-14(20-3)15(13)16/h4-6,8-9,11,17H,7,10H2,1-3H3. The van der Waals surface area contributed by atoms with Crippen LogP contribution in [0.4, 0.5) is 4.39 Å². The van der Waals surface area contributed by atoms with E-state index in [9.17, 15) is 4.39 Å². The van der Waals surface area contributed by atoms with Gasteiger partial charge in [-0.15, -0.1) is 0 Å². The summed E-state index contributed by atoms with van der Waals surface area (Å²) in [5, 5.41) is 7.58. The number of hydrogen-bond acceptors (Lipinski definition) is 3. The minimum atomic E-state index is -0.327. The molecule has 0 bridgehead atoms. The SMILES string of the molecule is COc1cccc(Cn2cc(CNC(C)C)cn2)c1F. The number of aromatic nitrogens is 2. The second-order valence-electron chi connectivity index (χ2n) is 5.02. The molecule has 5 heteroatoms. The zero-order valence-electron chi connectivity index (χ0n) is 12.1. The van der Waals surface area contributed by atoms with E-state index in [1.807, 2.05) is 6.20 Å². The summed E-state index contributed by atoms with van der Waals surface area (Å²) in [4.78, 5) is 0. The maximum atomic E-state index is 14.0. The summed E-state index contributed by atoms with van der Waals surface area (Å²) in [6.07, 6.45) is 3.72. The summed E-state index contributed by atoms with van der Waals surface area (Å²) in [6, 6.07) is 5.56. The molecule has 2 rings (SSSR count). The summed E-state index contributed by atoms with van der Waals surface area (Å²) in [7, 11) is 1.46. The molecule has 0 spiro atoms. The first-order chi connectivity index (χ1) is 9.60. The van der Waals surface area contributed by atoms with Crippen LogP contribution in [0.15, 0.2) is 30.6 Å². The Hall–Kier alpha value is -1.88. The van der Waals surface area contributed by atoms with Gasteiger partial charge in [0.15, 0.2) is 11.6 Å². The van der Waals surface area contributed by atoms with Crippen LogP contribution in [0.25, 0.3) is 0 Å². The van der Waals surface area contributed by atoms with Crippen molar-refractivity contribution in [3.05, 3.63) is 47.5 Å². The lowest BCUT2D eigenvalue weighted by Gasteiger charge is -2.07. The monoisotopic (exact) mass is 277 g/mol. The molecule has 0 fully saturated rings. The quantitative estimate of drug-likeness (QED) is 0.882. The molecule has 0 unspecified atom stereocenters. The normalized spacial score (nSPS) is 11.1. The van der Waals surface area contributed by atoms with Crippen LogP contribution in [0, 0.1) is 5.82 Å². The zero-order chi connectivity index (χ0) is 14.5. The van der Waals surface area contributed by atoms with Crippen molar-refractivity contribution in [1.29, 1.82) is 0 Å². The Bertz CT molecular complexity index is 566.